The van der Waals surface area contributed by atoms with Crippen LogP contribution >= 0.6 is 0 Å². The Morgan fingerprint density at radius 3 is 2.06 bits per heavy atom. The highest BCUT2D eigenvalue weighted by Crippen LogP contribution is 2.07. The molecule has 1 heterocycles. The number of nitrogens with one attached hydrogen (secondary N) is 1. The lowest BCUT2D eigenvalue weighted by atomic mass is 10.1. The van der Waals surface area contributed by atoms with Gasteiger partial charge < -0.3 is 10.1 Å². The van der Waals surface area contributed by atoms with E-state index in [9.17, 15) is 4.79 Å². The topological polar surface area (TPSA) is 142 Å². The van der Waals surface area contributed by atoms with Gasteiger partial charge in [0.25, 0.3) is 0 Å². The fraction of sp³-hybridized carbons (Fsp3) is 0.833. The lowest BCUT2D eigenvalue weighted by molar-refractivity contribution is -0.206. The molecule has 0 bridgehead atoms. The standard InChI is InChI=1S/C6H11NO4.H2O4S/c8-6(11-9)10-5-1-3-7-4-2-5;1-5(2,3)4/h5,7,9H,1-4H2;(H2,1,2,3,4). The van der Waals surface area contributed by atoms with E-state index < -0.39 is 16.6 Å². The zero-order valence-electron chi connectivity index (χ0n) is 8.20. The Balaban J connectivity index is 0.000000385. The molecule has 9 nitrogen and oxygen atoms in total. The second-order valence-corrected chi connectivity index (χ2v) is 3.75. The van der Waals surface area contributed by atoms with Gasteiger partial charge in [-0.25, -0.2) is 4.79 Å². The summed E-state index contributed by atoms with van der Waals surface area (Å²) in [5.41, 5.74) is 0. The van der Waals surface area contributed by atoms with Crippen molar-refractivity contribution < 1.29 is 37.2 Å². The second-order valence-electron chi connectivity index (χ2n) is 2.86. The molecule has 16 heavy (non-hydrogen) atoms. The molecule has 10 heteroatoms. The Morgan fingerprint density at radius 2 is 1.69 bits per heavy atom. The molecule has 96 valence electrons. The number of hydrogen-bond acceptors (Lipinski definition) is 7. The van der Waals surface area contributed by atoms with Gasteiger partial charge in [-0.05, 0) is 25.9 Å². The van der Waals surface area contributed by atoms with Crippen LogP contribution in [0.5, 0.6) is 0 Å². The molecule has 0 unspecified atom stereocenters. The van der Waals surface area contributed by atoms with Crippen LogP contribution in [0.25, 0.3) is 0 Å². The van der Waals surface area contributed by atoms with Crippen molar-refractivity contribution in [2.75, 3.05) is 13.1 Å². The minimum Gasteiger partial charge on any atom is -0.429 e. The summed E-state index contributed by atoms with van der Waals surface area (Å²) in [5, 5.41) is 11.0. The summed E-state index contributed by atoms with van der Waals surface area (Å²) in [6.45, 7) is 1.67. The summed E-state index contributed by atoms with van der Waals surface area (Å²) in [7, 11) is -4.67. The number of hydrogen-bond donors (Lipinski definition) is 4. The third-order valence-corrected chi connectivity index (χ3v) is 1.62. The molecule has 4 N–H and O–H groups in total. The van der Waals surface area contributed by atoms with E-state index in [1.165, 1.54) is 0 Å². The van der Waals surface area contributed by atoms with Gasteiger partial charge in [-0.1, -0.05) is 0 Å². The number of piperidine rings is 1. The molecule has 0 aromatic rings. The monoisotopic (exact) mass is 259 g/mol. The van der Waals surface area contributed by atoms with Crippen molar-refractivity contribution in [3.8, 4) is 0 Å². The molecule has 0 spiro atoms. The molecule has 0 aromatic heterocycles. The zero-order valence-corrected chi connectivity index (χ0v) is 9.01. The van der Waals surface area contributed by atoms with E-state index in [1.54, 1.807) is 0 Å². The smallest absolute Gasteiger partial charge is 0.429 e. The van der Waals surface area contributed by atoms with Gasteiger partial charge >= 0.3 is 16.6 Å². The van der Waals surface area contributed by atoms with E-state index in [4.69, 9.17) is 22.8 Å². The van der Waals surface area contributed by atoms with Crippen molar-refractivity contribution in [2.24, 2.45) is 0 Å². The number of ether oxygens (including phenoxy) is 1. The molecule has 0 aliphatic carbocycles. The highest BCUT2D eigenvalue weighted by Gasteiger charge is 2.17. The van der Waals surface area contributed by atoms with Crippen molar-refractivity contribution in [3.05, 3.63) is 0 Å². The molecule has 0 aromatic carbocycles. The highest BCUT2D eigenvalue weighted by molar-refractivity contribution is 7.79. The maximum Gasteiger partial charge on any atom is 0.540 e. The first-order valence-corrected chi connectivity index (χ1v) is 5.65. The summed E-state index contributed by atoms with van der Waals surface area (Å²) < 4.78 is 36.3. The number of carbonyl (C=O) groups excluding carboxylic acids is 1. The number of carbonyl (C=O) groups is 1. The van der Waals surface area contributed by atoms with Crippen LogP contribution in [0.4, 0.5) is 4.79 Å². The van der Waals surface area contributed by atoms with Crippen LogP contribution in [0.3, 0.4) is 0 Å². The summed E-state index contributed by atoms with van der Waals surface area (Å²) in [6.07, 6.45) is 0.414. The first kappa shape index (κ1) is 15.1. The Labute approximate surface area is 91.9 Å². The molecule has 0 radical (unpaired) electrons. The quantitative estimate of drug-likeness (QED) is 0.216. The minimum atomic E-state index is -4.67. The molecule has 1 saturated heterocycles. The maximum absolute atomic E-state index is 10.4. The predicted octanol–water partition coefficient (Wildman–Crippen LogP) is -0.288. The van der Waals surface area contributed by atoms with Crippen LogP contribution in [0.2, 0.25) is 0 Å². The van der Waals surface area contributed by atoms with E-state index in [2.05, 4.69) is 14.9 Å². The highest BCUT2D eigenvalue weighted by atomic mass is 32.3. The van der Waals surface area contributed by atoms with Crippen LogP contribution in [0.1, 0.15) is 12.8 Å². The van der Waals surface area contributed by atoms with Gasteiger partial charge in [-0.2, -0.15) is 13.7 Å². The van der Waals surface area contributed by atoms with Crippen LogP contribution in [-0.4, -0.2) is 48.1 Å². The van der Waals surface area contributed by atoms with Gasteiger partial charge in [-0.3, -0.25) is 14.0 Å². The minimum absolute atomic E-state index is 0.115. The first-order chi connectivity index (χ1) is 7.33. The zero-order chi connectivity index (χ0) is 12.6. The lowest BCUT2D eigenvalue weighted by Crippen LogP contribution is -2.33. The van der Waals surface area contributed by atoms with E-state index >= 15 is 0 Å². The third kappa shape index (κ3) is 11.1. The van der Waals surface area contributed by atoms with Crippen molar-refractivity contribution in [1.82, 2.24) is 5.32 Å². The molecular weight excluding hydrogens is 246 g/mol. The second kappa shape index (κ2) is 7.35. The molecule has 0 saturated carbocycles. The van der Waals surface area contributed by atoms with Crippen LogP contribution in [-0.2, 0) is 20.0 Å². The summed E-state index contributed by atoms with van der Waals surface area (Å²) >= 11 is 0. The molecule has 0 amide bonds. The third-order valence-electron chi connectivity index (χ3n) is 1.62. The van der Waals surface area contributed by atoms with Crippen molar-refractivity contribution in [2.45, 2.75) is 18.9 Å². The molecule has 1 aliphatic heterocycles. The SMILES string of the molecule is O=C(OO)OC1CCNCC1.O=S(=O)(O)O. The Bertz CT molecular complexity index is 288. The number of rotatable bonds is 1. The van der Waals surface area contributed by atoms with Crippen molar-refractivity contribution in [3.63, 3.8) is 0 Å². The van der Waals surface area contributed by atoms with Crippen molar-refractivity contribution in [1.29, 1.82) is 0 Å². The van der Waals surface area contributed by atoms with E-state index in [1.807, 2.05) is 0 Å². The van der Waals surface area contributed by atoms with Gasteiger partial charge in [0.15, 0.2) is 0 Å². The molecular formula is C6H13NO8S. The Hall–Kier alpha value is -0.940. The molecule has 1 aliphatic rings. The normalized spacial score (nSPS) is 16.9. The average Bonchev–Trinajstić information content (AvgIpc) is 2.16. The Morgan fingerprint density at radius 1 is 1.25 bits per heavy atom. The van der Waals surface area contributed by atoms with E-state index in [0.717, 1.165) is 25.9 Å². The maximum atomic E-state index is 10.4. The van der Waals surface area contributed by atoms with Crippen LogP contribution < -0.4 is 5.32 Å². The largest absolute Gasteiger partial charge is 0.540 e. The molecule has 1 rings (SSSR count). The van der Waals surface area contributed by atoms with Crippen LogP contribution in [0.15, 0.2) is 0 Å². The molecule has 1 fully saturated rings. The summed E-state index contributed by atoms with van der Waals surface area (Å²) in [5.74, 6) is 0. The van der Waals surface area contributed by atoms with Gasteiger partial charge in [0.2, 0.25) is 0 Å². The molecule has 0 atom stereocenters. The fourth-order valence-corrected chi connectivity index (χ4v) is 1.07. The van der Waals surface area contributed by atoms with Gasteiger partial charge in [0.05, 0.1) is 0 Å². The predicted molar refractivity (Wildman–Crippen MR) is 50.3 cm³/mol. The van der Waals surface area contributed by atoms with Crippen molar-refractivity contribution >= 4 is 16.6 Å². The van der Waals surface area contributed by atoms with Gasteiger partial charge in [0, 0.05) is 0 Å². The lowest BCUT2D eigenvalue weighted by Gasteiger charge is -2.21. The van der Waals surface area contributed by atoms with Gasteiger partial charge in [0.1, 0.15) is 6.10 Å². The van der Waals surface area contributed by atoms with Gasteiger partial charge in [-0.15, -0.1) is 0 Å². The summed E-state index contributed by atoms with van der Waals surface area (Å²) in [4.78, 5) is 13.7. The Kier molecular flexibility index (Phi) is 6.92. The van der Waals surface area contributed by atoms with E-state index in [0.29, 0.717) is 0 Å². The summed E-state index contributed by atoms with van der Waals surface area (Å²) in [6, 6.07) is 0. The average molecular weight is 259 g/mol. The fourth-order valence-electron chi connectivity index (χ4n) is 1.07. The van der Waals surface area contributed by atoms with E-state index in [-0.39, 0.29) is 6.10 Å². The van der Waals surface area contributed by atoms with Crippen LogP contribution in [0, 0.1) is 0 Å². The first-order valence-electron chi connectivity index (χ1n) is 4.25.